The van der Waals surface area contributed by atoms with Crippen molar-refractivity contribution in [1.82, 2.24) is 10.3 Å². The van der Waals surface area contributed by atoms with Gasteiger partial charge in [-0.15, -0.1) is 0 Å². The van der Waals surface area contributed by atoms with Gasteiger partial charge in [-0.1, -0.05) is 12.1 Å². The van der Waals surface area contributed by atoms with Crippen LogP contribution in [-0.4, -0.2) is 11.6 Å². The molecule has 0 aliphatic rings. The number of benzene rings is 1. The van der Waals surface area contributed by atoms with Gasteiger partial charge < -0.3 is 10.1 Å². The summed E-state index contributed by atoms with van der Waals surface area (Å²) >= 11 is 0. The van der Waals surface area contributed by atoms with Crippen LogP contribution in [-0.2, 0) is 6.54 Å². The fourth-order valence-corrected chi connectivity index (χ4v) is 1.95. The minimum Gasteiger partial charge on any atom is -0.494 e. The van der Waals surface area contributed by atoms with Gasteiger partial charge in [0.05, 0.1) is 6.61 Å². The molecule has 1 atom stereocenters. The number of hydrogen-bond donors (Lipinski definition) is 1. The van der Waals surface area contributed by atoms with E-state index in [1.54, 1.807) is 0 Å². The van der Waals surface area contributed by atoms with Crippen molar-refractivity contribution in [3.63, 3.8) is 0 Å². The Morgan fingerprint density at radius 2 is 2.00 bits per heavy atom. The van der Waals surface area contributed by atoms with Gasteiger partial charge in [-0.3, -0.25) is 4.98 Å². The lowest BCUT2D eigenvalue weighted by molar-refractivity contribution is 0.339. The molecular weight excluding hydrogens is 236 g/mol. The lowest BCUT2D eigenvalue weighted by Gasteiger charge is -2.14. The predicted molar refractivity (Wildman–Crippen MR) is 77.1 cm³/mol. The first kappa shape index (κ1) is 13.6. The Bertz CT molecular complexity index is 499. The Morgan fingerprint density at radius 1 is 1.21 bits per heavy atom. The monoisotopic (exact) mass is 256 g/mol. The Balaban J connectivity index is 1.93. The van der Waals surface area contributed by atoms with E-state index < -0.39 is 0 Å². The second-order valence-corrected chi connectivity index (χ2v) is 4.46. The molecular formula is C16H20N2O. The van der Waals surface area contributed by atoms with Gasteiger partial charge in [0.1, 0.15) is 5.75 Å². The second kappa shape index (κ2) is 6.90. The Hall–Kier alpha value is -1.87. The van der Waals surface area contributed by atoms with E-state index in [9.17, 15) is 0 Å². The number of nitrogens with one attached hydrogen (secondary N) is 1. The van der Waals surface area contributed by atoms with Gasteiger partial charge in [0, 0.05) is 25.0 Å². The maximum absolute atomic E-state index is 5.50. The molecule has 1 aromatic heterocycles. The van der Waals surface area contributed by atoms with Gasteiger partial charge in [0.15, 0.2) is 0 Å². The highest BCUT2D eigenvalue weighted by molar-refractivity contribution is 5.28. The normalized spacial score (nSPS) is 12.1. The third-order valence-corrected chi connectivity index (χ3v) is 3.03. The van der Waals surface area contributed by atoms with Crippen LogP contribution in [0.25, 0.3) is 0 Å². The summed E-state index contributed by atoms with van der Waals surface area (Å²) < 4.78 is 5.50. The van der Waals surface area contributed by atoms with E-state index in [-0.39, 0.29) is 0 Å². The molecule has 0 fully saturated rings. The highest BCUT2D eigenvalue weighted by atomic mass is 16.5. The summed E-state index contributed by atoms with van der Waals surface area (Å²) in [5, 5.41) is 3.50. The molecule has 19 heavy (non-hydrogen) atoms. The predicted octanol–water partition coefficient (Wildman–Crippen LogP) is 3.33. The molecule has 0 saturated carbocycles. The van der Waals surface area contributed by atoms with Crippen LogP contribution in [0.1, 0.15) is 31.0 Å². The minimum atomic E-state index is 0.304. The summed E-state index contributed by atoms with van der Waals surface area (Å²) in [6.07, 6.45) is 3.65. The van der Waals surface area contributed by atoms with Crippen molar-refractivity contribution in [2.24, 2.45) is 0 Å². The molecule has 0 radical (unpaired) electrons. The van der Waals surface area contributed by atoms with E-state index in [2.05, 4.69) is 29.4 Å². The molecule has 1 unspecified atom stereocenters. The molecule has 1 aromatic carbocycles. The smallest absolute Gasteiger partial charge is 0.119 e. The first-order valence-corrected chi connectivity index (χ1v) is 6.64. The molecule has 0 spiro atoms. The average molecular weight is 256 g/mol. The van der Waals surface area contributed by atoms with Crippen LogP contribution in [0.5, 0.6) is 5.75 Å². The van der Waals surface area contributed by atoms with Crippen LogP contribution in [0.4, 0.5) is 0 Å². The van der Waals surface area contributed by atoms with Gasteiger partial charge in [-0.2, -0.15) is 0 Å². The highest BCUT2D eigenvalue weighted by Crippen LogP contribution is 2.15. The Morgan fingerprint density at radius 3 is 2.74 bits per heavy atom. The quantitative estimate of drug-likeness (QED) is 0.860. The highest BCUT2D eigenvalue weighted by Gasteiger charge is 2.04. The molecule has 0 amide bonds. The Labute approximate surface area is 114 Å². The van der Waals surface area contributed by atoms with Crippen LogP contribution >= 0.6 is 0 Å². The summed E-state index contributed by atoms with van der Waals surface area (Å²) in [5.74, 6) is 0.929. The summed E-state index contributed by atoms with van der Waals surface area (Å²) in [6.45, 7) is 5.67. The van der Waals surface area contributed by atoms with Crippen LogP contribution < -0.4 is 10.1 Å². The molecule has 0 aliphatic heterocycles. The number of rotatable bonds is 6. The maximum atomic E-state index is 5.50. The van der Waals surface area contributed by atoms with E-state index >= 15 is 0 Å². The number of ether oxygens (including phenoxy) is 1. The van der Waals surface area contributed by atoms with Gasteiger partial charge in [-0.25, -0.2) is 0 Å². The van der Waals surface area contributed by atoms with Crippen LogP contribution in [0.15, 0.2) is 48.8 Å². The SMILES string of the molecule is CCOc1cccc(CNC(C)c2ccncc2)c1. The van der Waals surface area contributed by atoms with Crippen molar-refractivity contribution >= 4 is 0 Å². The van der Waals surface area contributed by atoms with Crippen LogP contribution in [0.2, 0.25) is 0 Å². The third kappa shape index (κ3) is 4.07. The van der Waals surface area contributed by atoms with E-state index in [0.717, 1.165) is 12.3 Å². The van der Waals surface area contributed by atoms with Gasteiger partial charge in [-0.05, 0) is 49.2 Å². The zero-order valence-corrected chi connectivity index (χ0v) is 11.5. The fraction of sp³-hybridized carbons (Fsp3) is 0.312. The van der Waals surface area contributed by atoms with Crippen molar-refractivity contribution < 1.29 is 4.74 Å². The summed E-state index contributed by atoms with van der Waals surface area (Å²) in [6, 6.07) is 12.6. The summed E-state index contributed by atoms with van der Waals surface area (Å²) in [5.41, 5.74) is 2.47. The third-order valence-electron chi connectivity index (χ3n) is 3.03. The number of nitrogens with zero attached hydrogens (tertiary/aromatic N) is 1. The molecule has 0 aliphatic carbocycles. The molecule has 2 rings (SSSR count). The minimum absolute atomic E-state index is 0.304. The molecule has 2 aromatic rings. The zero-order chi connectivity index (χ0) is 13.5. The van der Waals surface area contributed by atoms with Crippen molar-refractivity contribution in [2.75, 3.05) is 6.61 Å². The van der Waals surface area contributed by atoms with Crippen molar-refractivity contribution in [3.05, 3.63) is 59.9 Å². The molecule has 100 valence electrons. The fourth-order valence-electron chi connectivity index (χ4n) is 1.95. The maximum Gasteiger partial charge on any atom is 0.119 e. The molecule has 0 bridgehead atoms. The second-order valence-electron chi connectivity index (χ2n) is 4.46. The number of hydrogen-bond acceptors (Lipinski definition) is 3. The van der Waals surface area contributed by atoms with Crippen LogP contribution in [0, 0.1) is 0 Å². The summed E-state index contributed by atoms with van der Waals surface area (Å²) in [4.78, 5) is 4.03. The van der Waals surface area contributed by atoms with Crippen molar-refractivity contribution in [2.45, 2.75) is 26.4 Å². The molecule has 3 heteroatoms. The standard InChI is InChI=1S/C16H20N2O/c1-3-19-16-6-4-5-14(11-16)12-18-13(2)15-7-9-17-10-8-15/h4-11,13,18H,3,12H2,1-2H3. The topological polar surface area (TPSA) is 34.1 Å². The van der Waals surface area contributed by atoms with Gasteiger partial charge in [0.2, 0.25) is 0 Å². The molecule has 0 saturated heterocycles. The summed E-state index contributed by atoms with van der Waals surface area (Å²) in [7, 11) is 0. The van der Waals surface area contributed by atoms with Gasteiger partial charge in [0.25, 0.3) is 0 Å². The van der Waals surface area contributed by atoms with Gasteiger partial charge >= 0.3 is 0 Å². The van der Waals surface area contributed by atoms with E-state index in [4.69, 9.17) is 4.74 Å². The van der Waals surface area contributed by atoms with E-state index in [1.807, 2.05) is 43.6 Å². The van der Waals surface area contributed by atoms with E-state index in [1.165, 1.54) is 11.1 Å². The first-order chi connectivity index (χ1) is 9.29. The number of aromatic nitrogens is 1. The largest absolute Gasteiger partial charge is 0.494 e. The zero-order valence-electron chi connectivity index (χ0n) is 11.5. The lowest BCUT2D eigenvalue weighted by Crippen LogP contribution is -2.18. The number of pyridine rings is 1. The lowest BCUT2D eigenvalue weighted by atomic mass is 10.1. The van der Waals surface area contributed by atoms with Crippen LogP contribution in [0.3, 0.4) is 0 Å². The first-order valence-electron chi connectivity index (χ1n) is 6.64. The van der Waals surface area contributed by atoms with E-state index in [0.29, 0.717) is 12.6 Å². The van der Waals surface area contributed by atoms with Crippen molar-refractivity contribution in [1.29, 1.82) is 0 Å². The molecule has 1 N–H and O–H groups in total. The molecule has 3 nitrogen and oxygen atoms in total. The van der Waals surface area contributed by atoms with Crippen molar-refractivity contribution in [3.8, 4) is 5.75 Å². The molecule has 1 heterocycles. The average Bonchev–Trinajstić information content (AvgIpc) is 2.46. The Kier molecular flexibility index (Phi) is 4.93.